The Hall–Kier alpha value is -1.18. The Morgan fingerprint density at radius 3 is 2.33 bits per heavy atom. The van der Waals surface area contributed by atoms with E-state index in [0.29, 0.717) is 12.2 Å². The molecule has 0 aliphatic heterocycles. The van der Waals surface area contributed by atoms with Gasteiger partial charge in [0.2, 0.25) is 0 Å². The molecule has 0 saturated heterocycles. The molecular formula is C17H27FO2S. The average molecular weight is 314 g/mol. The maximum atomic E-state index is 12.2. The number of ether oxygens (including phenoxy) is 1. The van der Waals surface area contributed by atoms with Crippen LogP contribution in [0.15, 0.2) is 24.3 Å². The number of benzene rings is 1. The molecule has 4 heteroatoms. The molecular weight excluding hydrogens is 287 g/mol. The molecule has 0 fully saturated rings. The fourth-order valence-electron chi connectivity index (χ4n) is 0.996. The van der Waals surface area contributed by atoms with E-state index in [0.717, 1.165) is 5.75 Å². The summed E-state index contributed by atoms with van der Waals surface area (Å²) in [5, 5.41) is 11.3. The second-order valence-electron chi connectivity index (χ2n) is 3.61. The molecule has 2 nitrogen and oxygen atoms in total. The molecule has 0 spiro atoms. The minimum absolute atomic E-state index is 0.182. The molecule has 120 valence electrons. The van der Waals surface area contributed by atoms with Crippen molar-refractivity contribution in [1.29, 1.82) is 0 Å². The van der Waals surface area contributed by atoms with E-state index in [2.05, 4.69) is 18.1 Å². The molecule has 0 bridgehead atoms. The summed E-state index contributed by atoms with van der Waals surface area (Å²) in [6, 6.07) is 5.88. The highest BCUT2D eigenvalue weighted by Gasteiger charge is 1.88. The number of hydrogen-bond acceptors (Lipinski definition) is 3. The number of hydrogen-bond donors (Lipinski definition) is 1. The van der Waals surface area contributed by atoms with Gasteiger partial charge in [0.15, 0.2) is 0 Å². The number of unbranched alkanes of at least 4 members (excludes halogenated alkanes) is 1. The van der Waals surface area contributed by atoms with E-state index in [9.17, 15) is 4.39 Å². The molecule has 1 aromatic carbocycles. The number of aliphatic hydroxyl groups excluding tert-OH is 1. The van der Waals surface area contributed by atoms with E-state index in [-0.39, 0.29) is 12.4 Å². The summed E-state index contributed by atoms with van der Waals surface area (Å²) in [5.41, 5.74) is 0. The second-order valence-corrected chi connectivity index (χ2v) is 4.51. The van der Waals surface area contributed by atoms with Crippen LogP contribution in [0, 0.1) is 17.0 Å². The monoisotopic (exact) mass is 314 g/mol. The summed E-state index contributed by atoms with van der Waals surface area (Å²) in [4.78, 5) is 0. The molecule has 0 heterocycles. The summed E-state index contributed by atoms with van der Waals surface area (Å²) in [7, 11) is 1.55. The lowest BCUT2D eigenvalue weighted by Crippen LogP contribution is -1.80. The Kier molecular flexibility index (Phi) is 19.8. The molecule has 0 saturated carbocycles. The van der Waals surface area contributed by atoms with E-state index < -0.39 is 0 Å². The van der Waals surface area contributed by atoms with Gasteiger partial charge >= 0.3 is 0 Å². The van der Waals surface area contributed by atoms with Crippen molar-refractivity contribution in [3.05, 3.63) is 30.1 Å². The molecule has 0 aliphatic carbocycles. The quantitative estimate of drug-likeness (QED) is 0.629. The molecule has 0 aliphatic rings. The second kappa shape index (κ2) is 18.8. The van der Waals surface area contributed by atoms with Crippen LogP contribution in [0.4, 0.5) is 4.39 Å². The Morgan fingerprint density at radius 1 is 1.24 bits per heavy atom. The van der Waals surface area contributed by atoms with Gasteiger partial charge in [-0.05, 0) is 35.9 Å². The van der Waals surface area contributed by atoms with Crippen molar-refractivity contribution in [2.45, 2.75) is 40.0 Å². The van der Waals surface area contributed by atoms with Crippen LogP contribution in [0.25, 0.3) is 0 Å². The molecule has 0 radical (unpaired) electrons. The van der Waals surface area contributed by atoms with Gasteiger partial charge in [-0.25, -0.2) is 4.39 Å². The SMILES string of the molecule is CC.CCCCSC#CCCO.COc1ccc(F)cc1. The van der Waals surface area contributed by atoms with Gasteiger partial charge in [-0.15, -0.1) is 0 Å². The van der Waals surface area contributed by atoms with Gasteiger partial charge < -0.3 is 9.84 Å². The molecule has 0 unspecified atom stereocenters. The van der Waals surface area contributed by atoms with Gasteiger partial charge in [-0.2, -0.15) is 0 Å². The minimum Gasteiger partial charge on any atom is -0.497 e. The Labute approximate surface area is 133 Å². The third-order valence-electron chi connectivity index (χ3n) is 2.03. The molecule has 0 amide bonds. The summed E-state index contributed by atoms with van der Waals surface area (Å²) < 4.78 is 17.0. The third-order valence-corrected chi connectivity index (χ3v) is 2.81. The minimum atomic E-state index is -0.240. The van der Waals surface area contributed by atoms with Crippen molar-refractivity contribution < 1.29 is 14.2 Å². The highest BCUT2D eigenvalue weighted by Crippen LogP contribution is 2.09. The predicted octanol–water partition coefficient (Wildman–Crippen LogP) is 4.72. The van der Waals surface area contributed by atoms with Crippen LogP contribution >= 0.6 is 11.8 Å². The predicted molar refractivity (Wildman–Crippen MR) is 91.1 cm³/mol. The van der Waals surface area contributed by atoms with E-state index in [4.69, 9.17) is 9.84 Å². The third kappa shape index (κ3) is 16.8. The number of halogens is 1. The van der Waals surface area contributed by atoms with Crippen molar-refractivity contribution in [2.75, 3.05) is 19.5 Å². The molecule has 0 aromatic heterocycles. The van der Waals surface area contributed by atoms with Gasteiger partial charge in [-0.3, -0.25) is 0 Å². The zero-order valence-electron chi connectivity index (χ0n) is 13.5. The summed E-state index contributed by atoms with van der Waals surface area (Å²) >= 11 is 1.65. The summed E-state index contributed by atoms with van der Waals surface area (Å²) in [6.45, 7) is 6.35. The number of thioether (sulfide) groups is 1. The molecule has 0 atom stereocenters. The summed E-state index contributed by atoms with van der Waals surface area (Å²) in [6.07, 6.45) is 3.08. The Balaban J connectivity index is 0. The molecule has 21 heavy (non-hydrogen) atoms. The normalized spacial score (nSPS) is 8.29. The lowest BCUT2D eigenvalue weighted by Gasteiger charge is -1.95. The smallest absolute Gasteiger partial charge is 0.123 e. The first-order chi connectivity index (χ1) is 10.2. The van der Waals surface area contributed by atoms with Crippen molar-refractivity contribution in [2.24, 2.45) is 0 Å². The zero-order chi connectivity index (χ0) is 16.3. The highest BCUT2D eigenvalue weighted by atomic mass is 32.2. The van der Waals surface area contributed by atoms with E-state index in [1.807, 2.05) is 13.8 Å². The lowest BCUT2D eigenvalue weighted by atomic mass is 10.3. The van der Waals surface area contributed by atoms with E-state index in [1.54, 1.807) is 31.0 Å². The van der Waals surface area contributed by atoms with Crippen LogP contribution in [0.1, 0.15) is 40.0 Å². The first-order valence-corrected chi connectivity index (χ1v) is 8.23. The van der Waals surface area contributed by atoms with Crippen molar-refractivity contribution >= 4 is 11.8 Å². The first-order valence-electron chi connectivity index (χ1n) is 7.24. The molecule has 1 rings (SSSR count). The van der Waals surface area contributed by atoms with Crippen LogP contribution < -0.4 is 4.74 Å². The fourth-order valence-corrected chi connectivity index (χ4v) is 1.74. The molecule has 1 N–H and O–H groups in total. The molecule has 1 aromatic rings. The number of methoxy groups -OCH3 is 1. The van der Waals surface area contributed by atoms with Gasteiger partial charge in [0.05, 0.1) is 13.7 Å². The number of aliphatic hydroxyl groups is 1. The standard InChI is InChI=1S/C8H14OS.C7H7FO.C2H6/c1-2-3-7-10-8-5-4-6-9;1-9-7-4-2-6(8)3-5-7;1-2/h9H,2-4,6-7H2,1H3;2-5H,1H3;1-2H3. The zero-order valence-corrected chi connectivity index (χ0v) is 14.3. The van der Waals surface area contributed by atoms with Crippen LogP contribution in [0.3, 0.4) is 0 Å². The van der Waals surface area contributed by atoms with Crippen LogP contribution in [-0.2, 0) is 0 Å². The van der Waals surface area contributed by atoms with Crippen LogP contribution in [0.5, 0.6) is 5.75 Å². The first kappa shape index (κ1) is 22.1. The van der Waals surface area contributed by atoms with Gasteiger partial charge in [0.1, 0.15) is 11.6 Å². The summed E-state index contributed by atoms with van der Waals surface area (Å²) in [5.74, 6) is 4.41. The van der Waals surface area contributed by atoms with Crippen LogP contribution in [0.2, 0.25) is 0 Å². The maximum Gasteiger partial charge on any atom is 0.123 e. The van der Waals surface area contributed by atoms with Crippen LogP contribution in [-0.4, -0.2) is 24.6 Å². The Morgan fingerprint density at radius 2 is 1.86 bits per heavy atom. The topological polar surface area (TPSA) is 29.5 Å². The fraction of sp³-hybridized carbons (Fsp3) is 0.529. The van der Waals surface area contributed by atoms with Crippen molar-refractivity contribution in [1.82, 2.24) is 0 Å². The largest absolute Gasteiger partial charge is 0.497 e. The van der Waals surface area contributed by atoms with Crippen molar-refractivity contribution in [3.8, 4) is 16.9 Å². The highest BCUT2D eigenvalue weighted by molar-refractivity contribution is 8.03. The van der Waals surface area contributed by atoms with E-state index in [1.165, 1.54) is 25.0 Å². The Bertz CT molecular complexity index is 369. The van der Waals surface area contributed by atoms with Crippen molar-refractivity contribution in [3.63, 3.8) is 0 Å². The number of rotatable bonds is 5. The average Bonchev–Trinajstić information content (AvgIpc) is 2.54. The van der Waals surface area contributed by atoms with Gasteiger partial charge in [0, 0.05) is 12.2 Å². The van der Waals surface area contributed by atoms with Gasteiger partial charge in [-0.1, -0.05) is 44.9 Å². The van der Waals surface area contributed by atoms with E-state index >= 15 is 0 Å². The van der Waals surface area contributed by atoms with Gasteiger partial charge in [0.25, 0.3) is 0 Å². The lowest BCUT2D eigenvalue weighted by molar-refractivity contribution is 0.305. The maximum absolute atomic E-state index is 12.2.